The van der Waals surface area contributed by atoms with Gasteiger partial charge in [0.1, 0.15) is 17.4 Å². The summed E-state index contributed by atoms with van der Waals surface area (Å²) in [4.78, 5) is 19.1. The molecule has 1 aromatic heterocycles. The van der Waals surface area contributed by atoms with E-state index in [1.54, 1.807) is 36.4 Å². The molecule has 34 heavy (non-hydrogen) atoms. The Hall–Kier alpha value is -3.32. The Balaban J connectivity index is 1.18. The molecule has 2 saturated heterocycles. The van der Waals surface area contributed by atoms with E-state index in [1.807, 2.05) is 11.0 Å². The van der Waals surface area contributed by atoms with Crippen LogP contribution < -0.4 is 4.74 Å². The molecule has 0 aliphatic carbocycles. The molecule has 2 aliphatic heterocycles. The van der Waals surface area contributed by atoms with Gasteiger partial charge in [0.2, 0.25) is 5.88 Å². The number of hydrogen-bond donors (Lipinski definition) is 0. The molecular formula is C27H26F2N2O3. The van der Waals surface area contributed by atoms with Crippen LogP contribution in [0.3, 0.4) is 0 Å². The molecule has 2 aromatic carbocycles. The lowest BCUT2D eigenvalue weighted by Crippen LogP contribution is -2.43. The number of aromatic nitrogens is 1. The van der Waals surface area contributed by atoms with Gasteiger partial charge in [0.15, 0.2) is 0 Å². The summed E-state index contributed by atoms with van der Waals surface area (Å²) in [5.41, 5.74) is 1.51. The molecular weight excluding hydrogens is 438 g/mol. The van der Waals surface area contributed by atoms with Gasteiger partial charge in [-0.25, -0.2) is 13.8 Å². The zero-order valence-corrected chi connectivity index (χ0v) is 18.8. The van der Waals surface area contributed by atoms with Crippen molar-refractivity contribution in [2.75, 3.05) is 19.7 Å². The summed E-state index contributed by atoms with van der Waals surface area (Å²) in [5.74, 6) is -0.129. The van der Waals surface area contributed by atoms with Gasteiger partial charge in [-0.2, -0.15) is 0 Å². The van der Waals surface area contributed by atoms with Crippen molar-refractivity contribution >= 4 is 5.91 Å². The van der Waals surface area contributed by atoms with Gasteiger partial charge in [-0.05, 0) is 67.0 Å². The Labute approximate surface area is 197 Å². The van der Waals surface area contributed by atoms with Crippen molar-refractivity contribution < 1.29 is 23.0 Å². The normalized spacial score (nSPS) is 19.4. The minimum Gasteiger partial charge on any atom is -0.439 e. The maximum atomic E-state index is 13.5. The first-order valence-electron chi connectivity index (χ1n) is 11.5. The van der Waals surface area contributed by atoms with Crippen LogP contribution in [0.2, 0.25) is 0 Å². The number of amides is 1. The summed E-state index contributed by atoms with van der Waals surface area (Å²) in [5, 5.41) is 0. The molecule has 3 aromatic rings. The molecule has 0 bridgehead atoms. The van der Waals surface area contributed by atoms with E-state index < -0.39 is 5.82 Å². The topological polar surface area (TPSA) is 51.7 Å². The van der Waals surface area contributed by atoms with E-state index in [4.69, 9.17) is 9.47 Å². The second-order valence-corrected chi connectivity index (χ2v) is 9.21. The fraction of sp³-hybridized carbons (Fsp3) is 0.333. The van der Waals surface area contributed by atoms with Crippen LogP contribution in [-0.4, -0.2) is 41.6 Å². The van der Waals surface area contributed by atoms with Crippen LogP contribution in [-0.2, 0) is 11.2 Å². The number of hydrogen-bond acceptors (Lipinski definition) is 4. The molecule has 0 N–H and O–H groups in total. The summed E-state index contributed by atoms with van der Waals surface area (Å²) in [6.07, 6.45) is 4.97. The van der Waals surface area contributed by atoms with Gasteiger partial charge in [-0.1, -0.05) is 18.2 Å². The minimum atomic E-state index is -0.402. The summed E-state index contributed by atoms with van der Waals surface area (Å²) in [6, 6.07) is 15.7. The van der Waals surface area contributed by atoms with Crippen molar-refractivity contribution in [3.63, 3.8) is 0 Å². The fourth-order valence-corrected chi connectivity index (χ4v) is 4.92. The monoisotopic (exact) mass is 464 g/mol. The Bertz CT molecular complexity index is 1180. The third-order valence-electron chi connectivity index (χ3n) is 6.75. The van der Waals surface area contributed by atoms with Crippen LogP contribution in [0.4, 0.5) is 8.78 Å². The lowest BCUT2D eigenvalue weighted by Gasteiger charge is -2.38. The second-order valence-electron chi connectivity index (χ2n) is 9.21. The summed E-state index contributed by atoms with van der Waals surface area (Å²) in [6.45, 7) is 1.98. The van der Waals surface area contributed by atoms with Crippen molar-refractivity contribution in [2.24, 2.45) is 5.41 Å². The van der Waals surface area contributed by atoms with Gasteiger partial charge in [0.25, 0.3) is 5.91 Å². The summed E-state index contributed by atoms with van der Waals surface area (Å²) >= 11 is 0. The second kappa shape index (κ2) is 9.50. The van der Waals surface area contributed by atoms with Crippen LogP contribution in [0.1, 0.15) is 35.2 Å². The van der Waals surface area contributed by atoms with Crippen molar-refractivity contribution in [3.8, 4) is 11.6 Å². The number of rotatable bonds is 5. The smallest absolute Gasteiger partial charge is 0.254 e. The van der Waals surface area contributed by atoms with Crippen LogP contribution in [0.25, 0.3) is 0 Å². The van der Waals surface area contributed by atoms with Gasteiger partial charge >= 0.3 is 0 Å². The number of pyridine rings is 1. The fourth-order valence-electron chi connectivity index (χ4n) is 4.92. The zero-order valence-electron chi connectivity index (χ0n) is 18.8. The average Bonchev–Trinajstić information content (AvgIpc) is 3.21. The van der Waals surface area contributed by atoms with Crippen LogP contribution in [0.15, 0.2) is 66.9 Å². The van der Waals surface area contributed by atoms with Gasteiger partial charge < -0.3 is 14.4 Å². The van der Waals surface area contributed by atoms with E-state index in [-0.39, 0.29) is 29.1 Å². The standard InChI is InChI=1S/C27H26F2N2O3/c28-21-4-1-3-19(13-21)14-24-17-27(18-33-24)8-11-31(12-9-27)26(32)20-7-10-30-25(15-20)34-23-6-2-5-22(29)16-23/h1-7,10,13,15-16,24H,8-9,11-12,14,17-18H2. The van der Waals surface area contributed by atoms with Crippen molar-refractivity contribution in [3.05, 3.63) is 89.6 Å². The number of likely N-dealkylation sites (tertiary alicyclic amines) is 1. The molecule has 1 unspecified atom stereocenters. The summed E-state index contributed by atoms with van der Waals surface area (Å²) in [7, 11) is 0. The predicted octanol–water partition coefficient (Wildman–Crippen LogP) is 5.41. The lowest BCUT2D eigenvalue weighted by molar-refractivity contribution is 0.0496. The minimum absolute atomic E-state index is 0.0681. The lowest BCUT2D eigenvalue weighted by atomic mass is 9.76. The molecule has 176 valence electrons. The number of ether oxygens (including phenoxy) is 2. The van der Waals surface area contributed by atoms with Gasteiger partial charge in [0, 0.05) is 37.0 Å². The highest BCUT2D eigenvalue weighted by Gasteiger charge is 2.43. The van der Waals surface area contributed by atoms with E-state index in [2.05, 4.69) is 4.98 Å². The van der Waals surface area contributed by atoms with Crippen molar-refractivity contribution in [1.29, 1.82) is 0 Å². The first-order valence-corrected chi connectivity index (χ1v) is 11.5. The predicted molar refractivity (Wildman–Crippen MR) is 123 cm³/mol. The highest BCUT2D eigenvalue weighted by atomic mass is 19.1. The van der Waals surface area contributed by atoms with Crippen LogP contribution >= 0.6 is 0 Å². The third-order valence-corrected chi connectivity index (χ3v) is 6.75. The van der Waals surface area contributed by atoms with E-state index >= 15 is 0 Å². The molecule has 3 heterocycles. The summed E-state index contributed by atoms with van der Waals surface area (Å²) < 4.78 is 38.6. The van der Waals surface area contributed by atoms with Crippen molar-refractivity contribution in [1.82, 2.24) is 9.88 Å². The quantitative estimate of drug-likeness (QED) is 0.507. The van der Waals surface area contributed by atoms with E-state index in [1.165, 1.54) is 24.4 Å². The van der Waals surface area contributed by atoms with Gasteiger partial charge in [-0.3, -0.25) is 4.79 Å². The molecule has 2 aliphatic rings. The maximum absolute atomic E-state index is 13.5. The Kier molecular flexibility index (Phi) is 6.28. The highest BCUT2D eigenvalue weighted by Crippen LogP contribution is 2.43. The largest absolute Gasteiger partial charge is 0.439 e. The Morgan fingerprint density at radius 2 is 1.82 bits per heavy atom. The van der Waals surface area contributed by atoms with E-state index in [0.29, 0.717) is 37.4 Å². The number of carbonyl (C=O) groups excluding carboxylic acids is 1. The molecule has 5 rings (SSSR count). The van der Waals surface area contributed by atoms with E-state index in [9.17, 15) is 13.6 Å². The molecule has 2 fully saturated rings. The first-order chi connectivity index (χ1) is 16.5. The average molecular weight is 465 g/mol. The zero-order chi connectivity index (χ0) is 23.5. The maximum Gasteiger partial charge on any atom is 0.254 e. The van der Waals surface area contributed by atoms with Crippen LogP contribution in [0.5, 0.6) is 11.6 Å². The van der Waals surface area contributed by atoms with Crippen molar-refractivity contribution in [2.45, 2.75) is 31.8 Å². The van der Waals surface area contributed by atoms with Gasteiger partial charge in [-0.15, -0.1) is 0 Å². The Morgan fingerprint density at radius 1 is 1.06 bits per heavy atom. The molecule has 7 heteroatoms. The molecule has 1 spiro atoms. The molecule has 0 saturated carbocycles. The van der Waals surface area contributed by atoms with Crippen LogP contribution in [0, 0.1) is 17.0 Å². The number of nitrogens with zero attached hydrogens (tertiary/aromatic N) is 2. The molecule has 5 nitrogen and oxygen atoms in total. The molecule has 1 amide bonds. The third kappa shape index (κ3) is 5.09. The highest BCUT2D eigenvalue weighted by molar-refractivity contribution is 5.94. The van der Waals surface area contributed by atoms with Gasteiger partial charge in [0.05, 0.1) is 12.7 Å². The molecule has 0 radical (unpaired) electrons. The number of halogens is 2. The molecule has 1 atom stereocenters. The number of benzene rings is 2. The first kappa shape index (κ1) is 22.5. The SMILES string of the molecule is O=C(c1ccnc(Oc2cccc(F)c2)c1)N1CCC2(CC1)COC(Cc1cccc(F)c1)C2. The Morgan fingerprint density at radius 3 is 2.59 bits per heavy atom. The van der Waals surface area contributed by atoms with E-state index in [0.717, 1.165) is 24.8 Å². The number of carbonyl (C=O) groups is 1. The number of piperidine rings is 1.